The SMILES string of the molecule is Cc1ccc(C(=O)NC(C2CCNCC2)C2CC(O)C2)cc1Cl.Cl. The number of aliphatic hydroxyl groups excluding tert-OH is 1. The van der Waals surface area contributed by atoms with Crippen LogP contribution in [-0.2, 0) is 0 Å². The molecule has 1 amide bonds. The third-order valence-corrected chi connectivity index (χ3v) is 5.69. The summed E-state index contributed by atoms with van der Waals surface area (Å²) in [6.07, 6.45) is 3.54. The van der Waals surface area contributed by atoms with Gasteiger partial charge in [-0.3, -0.25) is 4.79 Å². The van der Waals surface area contributed by atoms with E-state index in [0.717, 1.165) is 44.3 Å². The molecule has 1 aromatic carbocycles. The van der Waals surface area contributed by atoms with E-state index < -0.39 is 0 Å². The Labute approximate surface area is 154 Å². The maximum Gasteiger partial charge on any atom is 0.251 e. The highest BCUT2D eigenvalue weighted by Gasteiger charge is 2.39. The minimum atomic E-state index is -0.199. The second-order valence-corrected chi connectivity index (χ2v) is 7.34. The molecule has 24 heavy (non-hydrogen) atoms. The van der Waals surface area contributed by atoms with Gasteiger partial charge < -0.3 is 15.7 Å². The zero-order valence-corrected chi connectivity index (χ0v) is 15.5. The molecule has 6 heteroatoms. The number of aryl methyl sites for hydroxylation is 1. The van der Waals surface area contributed by atoms with Gasteiger partial charge in [0.05, 0.1) is 6.10 Å². The van der Waals surface area contributed by atoms with Crippen LogP contribution in [0.2, 0.25) is 5.02 Å². The van der Waals surface area contributed by atoms with Gasteiger partial charge in [0.1, 0.15) is 0 Å². The number of hydrogen-bond donors (Lipinski definition) is 3. The predicted octanol–water partition coefficient (Wildman–Crippen LogP) is 2.94. The van der Waals surface area contributed by atoms with E-state index in [1.807, 2.05) is 19.1 Å². The van der Waals surface area contributed by atoms with Gasteiger partial charge in [-0.1, -0.05) is 17.7 Å². The van der Waals surface area contributed by atoms with Gasteiger partial charge in [-0.2, -0.15) is 0 Å². The molecule has 0 radical (unpaired) electrons. The van der Waals surface area contributed by atoms with Gasteiger partial charge in [-0.25, -0.2) is 0 Å². The molecule has 1 saturated carbocycles. The highest BCUT2D eigenvalue weighted by molar-refractivity contribution is 6.31. The molecular weight excluding hydrogens is 347 g/mol. The van der Waals surface area contributed by atoms with Crippen LogP contribution in [0.25, 0.3) is 0 Å². The fourth-order valence-corrected chi connectivity index (χ4v) is 3.90. The first kappa shape index (κ1) is 19.5. The summed E-state index contributed by atoms with van der Waals surface area (Å²) in [6.45, 7) is 3.93. The molecular formula is C18H26Cl2N2O2. The van der Waals surface area contributed by atoms with Crippen molar-refractivity contribution in [2.24, 2.45) is 11.8 Å². The van der Waals surface area contributed by atoms with Crippen molar-refractivity contribution in [3.8, 4) is 0 Å². The van der Waals surface area contributed by atoms with Gasteiger partial charge in [0.2, 0.25) is 0 Å². The smallest absolute Gasteiger partial charge is 0.251 e. The molecule has 0 aromatic heterocycles. The second kappa shape index (κ2) is 8.52. The molecule has 1 saturated heterocycles. The molecule has 3 N–H and O–H groups in total. The van der Waals surface area contributed by atoms with Gasteiger partial charge in [-0.15, -0.1) is 12.4 Å². The first-order valence-electron chi connectivity index (χ1n) is 8.50. The highest BCUT2D eigenvalue weighted by Crippen LogP contribution is 2.36. The predicted molar refractivity (Wildman–Crippen MR) is 99.0 cm³/mol. The van der Waals surface area contributed by atoms with Crippen molar-refractivity contribution in [2.45, 2.75) is 44.8 Å². The molecule has 4 nitrogen and oxygen atoms in total. The fraction of sp³-hybridized carbons (Fsp3) is 0.611. The summed E-state index contributed by atoms with van der Waals surface area (Å²) in [7, 11) is 0. The Morgan fingerprint density at radius 1 is 1.29 bits per heavy atom. The van der Waals surface area contributed by atoms with Crippen molar-refractivity contribution in [3.05, 3.63) is 34.3 Å². The average molecular weight is 373 g/mol. The Morgan fingerprint density at radius 2 is 1.96 bits per heavy atom. The third-order valence-electron chi connectivity index (χ3n) is 5.28. The van der Waals surface area contributed by atoms with Crippen molar-refractivity contribution in [2.75, 3.05) is 13.1 Å². The molecule has 1 aliphatic carbocycles. The van der Waals surface area contributed by atoms with E-state index in [1.165, 1.54) is 0 Å². The van der Waals surface area contributed by atoms with Crippen LogP contribution in [0, 0.1) is 18.8 Å². The zero-order valence-electron chi connectivity index (χ0n) is 13.9. The van der Waals surface area contributed by atoms with Crippen LogP contribution in [-0.4, -0.2) is 36.2 Å². The fourth-order valence-electron chi connectivity index (χ4n) is 3.72. The number of carbonyl (C=O) groups excluding carboxylic acids is 1. The first-order chi connectivity index (χ1) is 11.0. The Hall–Kier alpha value is -0.810. The summed E-state index contributed by atoms with van der Waals surface area (Å²) < 4.78 is 0. The minimum absolute atomic E-state index is 0. The molecule has 134 valence electrons. The van der Waals surface area contributed by atoms with E-state index in [-0.39, 0.29) is 30.5 Å². The largest absolute Gasteiger partial charge is 0.393 e. The molecule has 1 aromatic rings. The average Bonchev–Trinajstić information content (AvgIpc) is 2.53. The topological polar surface area (TPSA) is 61.4 Å². The van der Waals surface area contributed by atoms with Crippen LogP contribution < -0.4 is 10.6 Å². The van der Waals surface area contributed by atoms with E-state index in [0.29, 0.717) is 22.4 Å². The van der Waals surface area contributed by atoms with E-state index in [2.05, 4.69) is 10.6 Å². The monoisotopic (exact) mass is 372 g/mol. The lowest BCUT2D eigenvalue weighted by molar-refractivity contribution is 0.00919. The number of nitrogens with one attached hydrogen (secondary N) is 2. The van der Waals surface area contributed by atoms with Gasteiger partial charge >= 0.3 is 0 Å². The Balaban J connectivity index is 0.00000208. The molecule has 1 aliphatic heterocycles. The van der Waals surface area contributed by atoms with Crippen LogP contribution >= 0.6 is 24.0 Å². The van der Waals surface area contributed by atoms with Gasteiger partial charge in [0, 0.05) is 16.6 Å². The molecule has 0 bridgehead atoms. The van der Waals surface area contributed by atoms with Crippen LogP contribution in [0.4, 0.5) is 0 Å². The molecule has 1 unspecified atom stereocenters. The van der Waals surface area contributed by atoms with Crippen molar-refractivity contribution < 1.29 is 9.90 Å². The third kappa shape index (κ3) is 4.42. The van der Waals surface area contributed by atoms with Crippen LogP contribution in [0.15, 0.2) is 18.2 Å². The molecule has 2 fully saturated rings. The Morgan fingerprint density at radius 3 is 2.54 bits per heavy atom. The summed E-state index contributed by atoms with van der Waals surface area (Å²) in [5, 5.41) is 16.9. The van der Waals surface area contributed by atoms with E-state index in [4.69, 9.17) is 11.6 Å². The quantitative estimate of drug-likeness (QED) is 0.761. The van der Waals surface area contributed by atoms with Crippen molar-refractivity contribution in [1.29, 1.82) is 0 Å². The number of amides is 1. The molecule has 0 spiro atoms. The molecule has 1 atom stereocenters. The highest BCUT2D eigenvalue weighted by atomic mass is 35.5. The van der Waals surface area contributed by atoms with Crippen molar-refractivity contribution >= 4 is 29.9 Å². The normalized spacial score (nSPS) is 25.3. The lowest BCUT2D eigenvalue weighted by Crippen LogP contribution is -2.52. The van der Waals surface area contributed by atoms with Crippen LogP contribution in [0.3, 0.4) is 0 Å². The number of rotatable bonds is 4. The van der Waals surface area contributed by atoms with Crippen molar-refractivity contribution in [1.82, 2.24) is 10.6 Å². The summed E-state index contributed by atoms with van der Waals surface area (Å²) in [5.41, 5.74) is 1.58. The lowest BCUT2D eigenvalue weighted by atomic mass is 9.71. The lowest BCUT2D eigenvalue weighted by Gasteiger charge is -2.43. The standard InChI is InChI=1S/C18H25ClN2O2.ClH/c1-11-2-3-13(10-16(11)19)18(23)21-17(14-8-15(22)9-14)12-4-6-20-7-5-12;/h2-3,10,12,14-15,17,20,22H,4-9H2,1H3,(H,21,23);1H. The van der Waals surface area contributed by atoms with Crippen LogP contribution in [0.1, 0.15) is 41.6 Å². The summed E-state index contributed by atoms with van der Waals surface area (Å²) in [6, 6.07) is 5.59. The summed E-state index contributed by atoms with van der Waals surface area (Å²) in [5.74, 6) is 0.813. The van der Waals surface area contributed by atoms with E-state index in [9.17, 15) is 9.90 Å². The number of benzene rings is 1. The maximum absolute atomic E-state index is 12.6. The van der Waals surface area contributed by atoms with Gasteiger partial charge in [-0.05, 0) is 75.2 Å². The number of halogens is 2. The Kier molecular flexibility index (Phi) is 6.93. The van der Waals surface area contributed by atoms with Crippen LogP contribution in [0.5, 0.6) is 0 Å². The molecule has 3 rings (SSSR count). The van der Waals surface area contributed by atoms with E-state index >= 15 is 0 Å². The number of piperidine rings is 1. The van der Waals surface area contributed by atoms with Crippen molar-refractivity contribution in [3.63, 3.8) is 0 Å². The summed E-state index contributed by atoms with van der Waals surface area (Å²) in [4.78, 5) is 12.6. The minimum Gasteiger partial charge on any atom is -0.393 e. The van der Waals surface area contributed by atoms with Gasteiger partial charge in [0.15, 0.2) is 0 Å². The Bertz CT molecular complexity index is 570. The zero-order chi connectivity index (χ0) is 16.4. The molecule has 2 aliphatic rings. The first-order valence-corrected chi connectivity index (χ1v) is 8.88. The number of hydrogen-bond acceptors (Lipinski definition) is 3. The number of aliphatic hydroxyl groups is 1. The van der Waals surface area contributed by atoms with E-state index in [1.54, 1.807) is 6.07 Å². The number of carbonyl (C=O) groups is 1. The van der Waals surface area contributed by atoms with Gasteiger partial charge in [0.25, 0.3) is 5.91 Å². The molecule has 1 heterocycles. The maximum atomic E-state index is 12.6. The second-order valence-electron chi connectivity index (χ2n) is 6.94. The summed E-state index contributed by atoms with van der Waals surface area (Å²) >= 11 is 6.14.